The van der Waals surface area contributed by atoms with Crippen LogP contribution in [0.3, 0.4) is 0 Å². The van der Waals surface area contributed by atoms with Crippen molar-refractivity contribution in [2.75, 3.05) is 0 Å². The molecule has 0 aliphatic carbocycles. The van der Waals surface area contributed by atoms with Crippen LogP contribution in [0.5, 0.6) is 0 Å². The summed E-state index contributed by atoms with van der Waals surface area (Å²) >= 11 is 5.79. The number of fused-ring (bicyclic) bond motifs is 5. The lowest BCUT2D eigenvalue weighted by Gasteiger charge is -2.11. The van der Waals surface area contributed by atoms with Gasteiger partial charge in [0, 0.05) is 30.2 Å². The van der Waals surface area contributed by atoms with E-state index in [1.807, 2.05) is 11.3 Å². The molecule has 0 spiro atoms. The number of benzene rings is 4. The minimum atomic E-state index is 1.18. The van der Waals surface area contributed by atoms with Crippen LogP contribution < -0.4 is 0 Å². The maximum atomic E-state index is 3.90. The van der Waals surface area contributed by atoms with E-state index in [-0.39, 0.29) is 0 Å². The fraction of sp³-hybridized carbons (Fsp3) is 0. The average Bonchev–Trinajstić information content (AvgIpc) is 3.02. The van der Waals surface area contributed by atoms with Gasteiger partial charge in [-0.15, -0.1) is 11.3 Å². The molecule has 5 rings (SSSR count). The molecule has 0 saturated heterocycles. The Bertz CT molecular complexity index is 1200. The van der Waals surface area contributed by atoms with Crippen molar-refractivity contribution in [1.82, 2.24) is 0 Å². The zero-order chi connectivity index (χ0) is 16.1. The number of hydrogen-bond donors (Lipinski definition) is 0. The van der Waals surface area contributed by atoms with Crippen molar-refractivity contribution < 1.29 is 0 Å². The normalized spacial score (nSPS) is 11.5. The molecule has 0 saturated carbocycles. The summed E-state index contributed by atoms with van der Waals surface area (Å²) in [6.07, 6.45) is 0. The first-order valence-electron chi connectivity index (χ1n) is 7.91. The lowest BCUT2D eigenvalue weighted by atomic mass is 9.97. The first-order valence-corrected chi connectivity index (χ1v) is 9.52. The first kappa shape index (κ1) is 14.2. The number of hydrogen-bond acceptors (Lipinski definition) is 1. The molecule has 0 nitrogen and oxygen atoms in total. The number of rotatable bonds is 1. The van der Waals surface area contributed by atoms with Gasteiger partial charge in [-0.05, 0) is 38.3 Å². The summed E-state index contributed by atoms with van der Waals surface area (Å²) in [4.78, 5) is 0. The highest BCUT2D eigenvalue weighted by atomic mass is 79.9. The van der Waals surface area contributed by atoms with Crippen molar-refractivity contribution in [3.8, 4) is 11.1 Å². The van der Waals surface area contributed by atoms with Gasteiger partial charge in [0.2, 0.25) is 0 Å². The molecule has 0 N–H and O–H groups in total. The maximum absolute atomic E-state index is 3.90. The fourth-order valence-electron chi connectivity index (χ4n) is 3.48. The molecule has 0 fully saturated rings. The van der Waals surface area contributed by atoms with Crippen molar-refractivity contribution in [1.29, 1.82) is 0 Å². The van der Waals surface area contributed by atoms with Gasteiger partial charge in [0.25, 0.3) is 0 Å². The summed E-state index contributed by atoms with van der Waals surface area (Å²) in [5, 5.41) is 5.30. The molecule has 0 aliphatic rings. The van der Waals surface area contributed by atoms with Gasteiger partial charge < -0.3 is 0 Å². The van der Waals surface area contributed by atoms with Gasteiger partial charge in [-0.2, -0.15) is 0 Å². The Hall–Kier alpha value is -2.16. The van der Waals surface area contributed by atoms with Crippen LogP contribution in [-0.4, -0.2) is 0 Å². The molecule has 0 bridgehead atoms. The quantitative estimate of drug-likeness (QED) is 0.276. The van der Waals surface area contributed by atoms with Gasteiger partial charge in [0.15, 0.2) is 0 Å². The highest BCUT2D eigenvalue weighted by Gasteiger charge is 2.17. The Morgan fingerprint density at radius 1 is 0.625 bits per heavy atom. The van der Waals surface area contributed by atoms with Crippen LogP contribution in [0, 0.1) is 0 Å². The minimum absolute atomic E-state index is 1.18. The smallest absolute Gasteiger partial charge is 0.0451 e. The van der Waals surface area contributed by atoms with Gasteiger partial charge in [-0.1, -0.05) is 72.8 Å². The van der Waals surface area contributed by atoms with E-state index in [0.29, 0.717) is 0 Å². The Labute approximate surface area is 152 Å². The maximum Gasteiger partial charge on any atom is 0.0451 e. The van der Waals surface area contributed by atoms with Crippen LogP contribution in [0.1, 0.15) is 0 Å². The third-order valence-corrected chi connectivity index (χ3v) is 6.55. The summed E-state index contributed by atoms with van der Waals surface area (Å²) in [5.41, 5.74) is 2.55. The van der Waals surface area contributed by atoms with Crippen LogP contribution in [0.15, 0.2) is 83.3 Å². The highest BCUT2D eigenvalue weighted by molar-refractivity contribution is 9.10. The molecule has 5 aromatic rings. The van der Waals surface area contributed by atoms with E-state index in [1.54, 1.807) is 0 Å². The molecule has 0 radical (unpaired) electrons. The van der Waals surface area contributed by atoms with Crippen LogP contribution in [0.2, 0.25) is 0 Å². The van der Waals surface area contributed by atoms with Crippen molar-refractivity contribution in [2.45, 2.75) is 0 Å². The monoisotopic (exact) mass is 388 g/mol. The first-order chi connectivity index (χ1) is 11.8. The second-order valence-electron chi connectivity index (χ2n) is 5.90. The Kier molecular flexibility index (Phi) is 3.22. The van der Waals surface area contributed by atoms with Gasteiger partial charge in [-0.3, -0.25) is 0 Å². The summed E-state index contributed by atoms with van der Waals surface area (Å²) in [5.74, 6) is 0. The standard InChI is InChI=1S/C22H13BrS/c23-21-16-11-5-4-10-15(16)20-17-12-6-7-13-18(17)24-22(20)19(21)14-8-2-1-3-9-14/h1-13H. The highest BCUT2D eigenvalue weighted by Crippen LogP contribution is 2.48. The minimum Gasteiger partial charge on any atom is -0.134 e. The number of thiophene rings is 1. The Morgan fingerprint density at radius 2 is 1.25 bits per heavy atom. The summed E-state index contributed by atoms with van der Waals surface area (Å²) in [6, 6.07) is 28.1. The van der Waals surface area contributed by atoms with Crippen molar-refractivity contribution in [3.05, 3.63) is 83.3 Å². The molecule has 1 heterocycles. The van der Waals surface area contributed by atoms with Crippen molar-refractivity contribution >= 4 is 58.2 Å². The van der Waals surface area contributed by atoms with Crippen LogP contribution in [0.4, 0.5) is 0 Å². The molecule has 1 aromatic heterocycles. The second kappa shape index (κ2) is 5.44. The predicted octanol–water partition coefficient (Wildman–Crippen LogP) is 7.64. The number of halogens is 1. The van der Waals surface area contributed by atoms with Crippen LogP contribution in [-0.2, 0) is 0 Å². The molecule has 0 atom stereocenters. The summed E-state index contributed by atoms with van der Waals surface area (Å²) in [6.45, 7) is 0. The largest absolute Gasteiger partial charge is 0.134 e. The molecule has 0 aliphatic heterocycles. The molecule has 0 amide bonds. The second-order valence-corrected chi connectivity index (χ2v) is 7.75. The van der Waals surface area contributed by atoms with Crippen molar-refractivity contribution in [2.24, 2.45) is 0 Å². The van der Waals surface area contributed by atoms with E-state index in [4.69, 9.17) is 0 Å². The van der Waals surface area contributed by atoms with Gasteiger partial charge >= 0.3 is 0 Å². The molecular formula is C22H13BrS. The van der Waals surface area contributed by atoms with E-state index in [9.17, 15) is 0 Å². The summed E-state index contributed by atoms with van der Waals surface area (Å²) in [7, 11) is 0. The topological polar surface area (TPSA) is 0 Å². The van der Waals surface area contributed by atoms with Gasteiger partial charge in [-0.25, -0.2) is 0 Å². The zero-order valence-electron chi connectivity index (χ0n) is 12.8. The van der Waals surface area contributed by atoms with Crippen molar-refractivity contribution in [3.63, 3.8) is 0 Å². The summed E-state index contributed by atoms with van der Waals surface area (Å²) < 4.78 is 3.88. The van der Waals surface area contributed by atoms with E-state index >= 15 is 0 Å². The molecule has 24 heavy (non-hydrogen) atoms. The molecule has 0 unspecified atom stereocenters. The van der Waals surface area contributed by atoms with E-state index in [2.05, 4.69) is 94.8 Å². The van der Waals surface area contributed by atoms with E-state index in [0.717, 1.165) is 0 Å². The molecule has 2 heteroatoms. The zero-order valence-corrected chi connectivity index (χ0v) is 15.2. The van der Waals surface area contributed by atoms with Crippen LogP contribution in [0.25, 0.3) is 42.1 Å². The van der Waals surface area contributed by atoms with E-state index in [1.165, 1.54) is 46.5 Å². The molecule has 114 valence electrons. The van der Waals surface area contributed by atoms with Crippen LogP contribution >= 0.6 is 27.3 Å². The molecule has 4 aromatic carbocycles. The third kappa shape index (κ3) is 1.97. The Morgan fingerprint density at radius 3 is 2.04 bits per heavy atom. The SMILES string of the molecule is Brc1c(-c2ccccc2)c2sc3ccccc3c2c2ccccc12. The average molecular weight is 389 g/mol. The Balaban J connectivity index is 2.10. The third-order valence-electron chi connectivity index (χ3n) is 4.54. The van der Waals surface area contributed by atoms with Gasteiger partial charge in [0.1, 0.15) is 0 Å². The van der Waals surface area contributed by atoms with Gasteiger partial charge in [0.05, 0.1) is 0 Å². The predicted molar refractivity (Wildman–Crippen MR) is 110 cm³/mol. The fourth-order valence-corrected chi connectivity index (χ4v) is 5.67. The lowest BCUT2D eigenvalue weighted by Crippen LogP contribution is -1.84. The van der Waals surface area contributed by atoms with E-state index < -0.39 is 0 Å². The lowest BCUT2D eigenvalue weighted by molar-refractivity contribution is 1.66. The molecular weight excluding hydrogens is 376 g/mol.